The molecule has 0 bridgehead atoms. The first-order valence-corrected chi connectivity index (χ1v) is 14.1. The molecular formula is C30H40N6O2. The Morgan fingerprint density at radius 3 is 2.84 bits per heavy atom. The molecule has 2 fully saturated rings. The molecule has 0 saturated carbocycles. The Morgan fingerprint density at radius 2 is 2.00 bits per heavy atom. The van der Waals surface area contributed by atoms with Crippen LogP contribution in [0.4, 0.5) is 10.6 Å². The minimum absolute atomic E-state index is 0.118. The van der Waals surface area contributed by atoms with Gasteiger partial charge in [0, 0.05) is 39.1 Å². The zero-order chi connectivity index (χ0) is 26.4. The van der Waals surface area contributed by atoms with Crippen LogP contribution >= 0.6 is 0 Å². The standard InChI is InChI=1S/C30H40N6O2/c1-30(2,3)38-29(37)33(4)24-14-17-34(20-24)26-11-5-10-25-32-23(19-36(25)26)18-35-16-7-9-22-13-12-21-8-6-15-31-27(21)28(22)35/h5-6,8,10-11,15,19,22,24,28H,7,9,12-14,16-18,20H2,1-4H3/t22-,24?,28-/m0/s1. The van der Waals surface area contributed by atoms with Gasteiger partial charge in [-0.2, -0.15) is 0 Å². The molecule has 38 heavy (non-hydrogen) atoms. The molecule has 5 heterocycles. The summed E-state index contributed by atoms with van der Waals surface area (Å²) in [5.74, 6) is 1.81. The molecule has 8 heteroatoms. The Balaban J connectivity index is 1.20. The molecule has 8 nitrogen and oxygen atoms in total. The van der Waals surface area contributed by atoms with Crippen LogP contribution in [0.1, 0.15) is 69.4 Å². The first-order chi connectivity index (χ1) is 18.3. The van der Waals surface area contributed by atoms with Crippen LogP contribution in [0.2, 0.25) is 0 Å². The zero-order valence-electron chi connectivity index (χ0n) is 23.1. The van der Waals surface area contributed by atoms with Gasteiger partial charge in [0.15, 0.2) is 0 Å². The lowest BCUT2D eigenvalue weighted by molar-refractivity contribution is 0.0238. The Labute approximate surface area is 225 Å². The van der Waals surface area contributed by atoms with Crippen molar-refractivity contribution in [3.63, 3.8) is 0 Å². The van der Waals surface area contributed by atoms with E-state index in [0.29, 0.717) is 12.0 Å². The number of likely N-dealkylation sites (N-methyl/N-ethyl adjacent to an activating group) is 1. The number of anilines is 1. The molecule has 2 aliphatic heterocycles. The van der Waals surface area contributed by atoms with E-state index in [9.17, 15) is 4.79 Å². The number of hydrogen-bond donors (Lipinski definition) is 0. The lowest BCUT2D eigenvalue weighted by Gasteiger charge is -2.44. The Morgan fingerprint density at radius 1 is 1.13 bits per heavy atom. The van der Waals surface area contributed by atoms with Crippen LogP contribution < -0.4 is 4.90 Å². The maximum Gasteiger partial charge on any atom is 0.410 e. The number of aryl methyl sites for hydroxylation is 1. The Kier molecular flexibility index (Phi) is 6.54. The summed E-state index contributed by atoms with van der Waals surface area (Å²) in [6.45, 7) is 9.31. The zero-order valence-corrected chi connectivity index (χ0v) is 23.1. The van der Waals surface area contributed by atoms with Crippen molar-refractivity contribution in [1.82, 2.24) is 24.2 Å². The van der Waals surface area contributed by atoms with Gasteiger partial charge in [-0.1, -0.05) is 12.1 Å². The summed E-state index contributed by atoms with van der Waals surface area (Å²) in [7, 11) is 1.85. The summed E-state index contributed by atoms with van der Waals surface area (Å²) < 4.78 is 7.82. The molecule has 2 saturated heterocycles. The van der Waals surface area contributed by atoms with Crippen LogP contribution in [0, 0.1) is 5.92 Å². The van der Waals surface area contributed by atoms with Crippen LogP contribution in [0.5, 0.6) is 0 Å². The van der Waals surface area contributed by atoms with Gasteiger partial charge in [0.05, 0.1) is 23.5 Å². The highest BCUT2D eigenvalue weighted by Gasteiger charge is 2.38. The van der Waals surface area contributed by atoms with Gasteiger partial charge in [0.2, 0.25) is 0 Å². The number of nitrogens with zero attached hydrogens (tertiary/aromatic N) is 6. The maximum absolute atomic E-state index is 12.6. The second-order valence-corrected chi connectivity index (χ2v) is 12.2. The highest BCUT2D eigenvalue weighted by Crippen LogP contribution is 2.43. The summed E-state index contributed by atoms with van der Waals surface area (Å²) in [5, 5.41) is 0. The predicted molar refractivity (Wildman–Crippen MR) is 148 cm³/mol. The van der Waals surface area contributed by atoms with E-state index in [1.807, 2.05) is 34.0 Å². The number of imidazole rings is 1. The first-order valence-electron chi connectivity index (χ1n) is 14.1. The summed E-state index contributed by atoms with van der Waals surface area (Å²) >= 11 is 0. The van der Waals surface area contributed by atoms with Crippen LogP contribution in [0.3, 0.4) is 0 Å². The van der Waals surface area contributed by atoms with Crippen molar-refractivity contribution < 1.29 is 9.53 Å². The van der Waals surface area contributed by atoms with E-state index in [-0.39, 0.29) is 12.1 Å². The fraction of sp³-hybridized carbons (Fsp3) is 0.567. The number of fused-ring (bicyclic) bond motifs is 4. The molecule has 6 rings (SSSR count). The lowest BCUT2D eigenvalue weighted by Crippen LogP contribution is -2.42. The summed E-state index contributed by atoms with van der Waals surface area (Å²) in [4.78, 5) is 29.3. The molecule has 1 aliphatic carbocycles. The molecule has 202 valence electrons. The number of aromatic nitrogens is 3. The fourth-order valence-electron chi connectivity index (χ4n) is 6.63. The summed E-state index contributed by atoms with van der Waals surface area (Å²) in [5.41, 5.74) is 4.27. The third kappa shape index (κ3) is 4.86. The van der Waals surface area contributed by atoms with E-state index >= 15 is 0 Å². The van der Waals surface area contributed by atoms with Crippen molar-refractivity contribution in [1.29, 1.82) is 0 Å². The topological polar surface area (TPSA) is 66.2 Å². The maximum atomic E-state index is 12.6. The summed E-state index contributed by atoms with van der Waals surface area (Å²) in [6.07, 6.45) is 9.75. The third-order valence-corrected chi connectivity index (χ3v) is 8.45. The number of likely N-dealkylation sites (tertiary alicyclic amines) is 1. The van der Waals surface area contributed by atoms with E-state index in [2.05, 4.69) is 50.7 Å². The molecule has 3 atom stereocenters. The highest BCUT2D eigenvalue weighted by molar-refractivity contribution is 5.68. The number of carbonyl (C=O) groups is 1. The normalized spacial score (nSPS) is 23.8. The molecule has 0 aromatic carbocycles. The number of ether oxygens (including phenoxy) is 1. The van der Waals surface area contributed by atoms with E-state index in [4.69, 9.17) is 14.7 Å². The van der Waals surface area contributed by atoms with Gasteiger partial charge in [-0.05, 0) is 89.1 Å². The Bertz CT molecular complexity index is 1310. The molecule has 0 radical (unpaired) electrons. The average molecular weight is 517 g/mol. The molecule has 3 aromatic rings. The highest BCUT2D eigenvalue weighted by atomic mass is 16.6. The quantitative estimate of drug-likeness (QED) is 0.482. The number of hydrogen-bond acceptors (Lipinski definition) is 6. The van der Waals surface area contributed by atoms with Gasteiger partial charge in [0.25, 0.3) is 0 Å². The van der Waals surface area contributed by atoms with Crippen LogP contribution in [0.25, 0.3) is 5.65 Å². The number of amides is 1. The van der Waals surface area contributed by atoms with Crippen molar-refractivity contribution in [2.45, 2.75) is 77.1 Å². The van der Waals surface area contributed by atoms with Crippen molar-refractivity contribution in [2.75, 3.05) is 31.6 Å². The molecule has 3 aliphatic rings. The van der Waals surface area contributed by atoms with E-state index in [0.717, 1.165) is 56.2 Å². The van der Waals surface area contributed by atoms with Gasteiger partial charge in [-0.3, -0.25) is 14.3 Å². The van der Waals surface area contributed by atoms with Crippen LogP contribution in [-0.4, -0.2) is 68.6 Å². The van der Waals surface area contributed by atoms with Gasteiger partial charge >= 0.3 is 6.09 Å². The lowest BCUT2D eigenvalue weighted by atomic mass is 9.77. The van der Waals surface area contributed by atoms with Gasteiger partial charge in [0.1, 0.15) is 17.1 Å². The first kappa shape index (κ1) is 25.2. The number of rotatable bonds is 4. The fourth-order valence-corrected chi connectivity index (χ4v) is 6.63. The van der Waals surface area contributed by atoms with E-state index < -0.39 is 5.60 Å². The predicted octanol–water partition coefficient (Wildman–Crippen LogP) is 5.07. The van der Waals surface area contributed by atoms with Crippen molar-refractivity contribution >= 4 is 17.6 Å². The average Bonchev–Trinajstić information content (AvgIpc) is 3.54. The third-order valence-electron chi connectivity index (χ3n) is 8.45. The number of pyridine rings is 2. The second kappa shape index (κ2) is 9.88. The van der Waals surface area contributed by atoms with Crippen LogP contribution in [0.15, 0.2) is 42.7 Å². The van der Waals surface area contributed by atoms with Crippen molar-refractivity contribution in [3.8, 4) is 0 Å². The minimum Gasteiger partial charge on any atom is -0.444 e. The van der Waals surface area contributed by atoms with Gasteiger partial charge < -0.3 is 14.5 Å². The molecule has 0 N–H and O–H groups in total. The summed E-state index contributed by atoms with van der Waals surface area (Å²) in [6, 6.07) is 11.2. The van der Waals surface area contributed by atoms with Crippen molar-refractivity contribution in [2.24, 2.45) is 5.92 Å². The van der Waals surface area contributed by atoms with Gasteiger partial charge in [-0.25, -0.2) is 9.78 Å². The molecular weight excluding hydrogens is 476 g/mol. The second-order valence-electron chi connectivity index (χ2n) is 12.2. The van der Waals surface area contributed by atoms with E-state index in [1.165, 1.54) is 30.5 Å². The van der Waals surface area contributed by atoms with E-state index in [1.54, 1.807) is 4.90 Å². The minimum atomic E-state index is -0.493. The Hall–Kier alpha value is -3.13. The molecule has 0 spiro atoms. The molecule has 1 amide bonds. The smallest absolute Gasteiger partial charge is 0.410 e. The SMILES string of the molecule is CN(C(=O)OC(C)(C)C)C1CCN(c2cccc3nc(CN4CCC[C@H]5CCc6cccnc6[C@H]54)cn23)C1. The van der Waals surface area contributed by atoms with Crippen LogP contribution in [-0.2, 0) is 17.7 Å². The molecule has 3 aromatic heterocycles. The number of carbonyl (C=O) groups excluding carboxylic acids is 1. The monoisotopic (exact) mass is 516 g/mol. The number of piperidine rings is 1. The largest absolute Gasteiger partial charge is 0.444 e. The van der Waals surface area contributed by atoms with Crippen molar-refractivity contribution in [3.05, 3.63) is 59.7 Å². The molecule has 1 unspecified atom stereocenters. The van der Waals surface area contributed by atoms with Gasteiger partial charge in [-0.15, -0.1) is 0 Å².